The smallest absolute Gasteiger partial charge is 0.185 e. The molecule has 0 saturated carbocycles. The minimum Gasteiger partial charge on any atom is -0.370 e. The van der Waals surface area contributed by atoms with E-state index in [9.17, 15) is 0 Å². The van der Waals surface area contributed by atoms with Crippen LogP contribution in [0.5, 0.6) is 0 Å². The molecule has 1 aliphatic rings. The maximum Gasteiger partial charge on any atom is 0.185 e. The van der Waals surface area contributed by atoms with Crippen molar-refractivity contribution >= 4 is 11.6 Å². The van der Waals surface area contributed by atoms with Gasteiger partial charge in [0.25, 0.3) is 0 Å². The fourth-order valence-corrected chi connectivity index (χ4v) is 2.41. The van der Waals surface area contributed by atoms with Crippen LogP contribution in [0.15, 0.2) is 35.3 Å². The molecule has 1 fully saturated rings. The third-order valence-electron chi connectivity index (χ3n) is 3.60. The number of benzene rings is 1. The topological polar surface area (TPSA) is 70.9 Å². The highest BCUT2D eigenvalue weighted by Crippen LogP contribution is 2.16. The lowest BCUT2D eigenvalue weighted by molar-refractivity contribution is 0.201. The summed E-state index contributed by atoms with van der Waals surface area (Å²) in [6.07, 6.45) is 0. The van der Waals surface area contributed by atoms with Crippen molar-refractivity contribution in [1.82, 2.24) is 4.90 Å². The van der Waals surface area contributed by atoms with Crippen LogP contribution in [0.25, 0.3) is 0 Å². The van der Waals surface area contributed by atoms with Gasteiger partial charge < -0.3 is 16.4 Å². The molecule has 1 heterocycles. The van der Waals surface area contributed by atoms with E-state index in [1.165, 1.54) is 5.69 Å². The summed E-state index contributed by atoms with van der Waals surface area (Å²) in [6.45, 7) is 7.05. The van der Waals surface area contributed by atoms with E-state index in [1.54, 1.807) is 0 Å². The number of guanidine groups is 1. The van der Waals surface area contributed by atoms with Crippen LogP contribution >= 0.6 is 0 Å². The highest BCUT2D eigenvalue weighted by Gasteiger charge is 2.20. The first-order valence-corrected chi connectivity index (χ1v) is 6.76. The van der Waals surface area contributed by atoms with Gasteiger partial charge >= 0.3 is 0 Å². The fraction of sp³-hybridized carbons (Fsp3) is 0.500. The number of aliphatic imine (C=N–C) groups is 1. The van der Waals surface area contributed by atoms with Gasteiger partial charge in [0.1, 0.15) is 0 Å². The van der Waals surface area contributed by atoms with Crippen molar-refractivity contribution in [3.05, 3.63) is 30.3 Å². The SMILES string of the molecule is CC(CN=C(N)N)N1CCN(c2ccccc2)CC1. The number of piperazine rings is 1. The molecule has 5 heteroatoms. The zero-order valence-electron chi connectivity index (χ0n) is 11.5. The lowest BCUT2D eigenvalue weighted by Crippen LogP contribution is -2.50. The monoisotopic (exact) mass is 261 g/mol. The molecule has 1 unspecified atom stereocenters. The van der Waals surface area contributed by atoms with Crippen molar-refractivity contribution in [1.29, 1.82) is 0 Å². The largest absolute Gasteiger partial charge is 0.370 e. The Morgan fingerprint density at radius 3 is 2.37 bits per heavy atom. The summed E-state index contributed by atoms with van der Waals surface area (Å²) in [6, 6.07) is 10.9. The van der Waals surface area contributed by atoms with Gasteiger partial charge in [0.05, 0.1) is 6.54 Å². The van der Waals surface area contributed by atoms with Crippen LogP contribution in [0.2, 0.25) is 0 Å². The molecule has 0 radical (unpaired) electrons. The van der Waals surface area contributed by atoms with Crippen LogP contribution in [0.1, 0.15) is 6.92 Å². The molecule has 4 N–H and O–H groups in total. The van der Waals surface area contributed by atoms with Gasteiger partial charge in [-0.25, -0.2) is 0 Å². The van der Waals surface area contributed by atoms with Crippen LogP contribution in [-0.4, -0.2) is 49.6 Å². The molecule has 0 aromatic heterocycles. The molecule has 19 heavy (non-hydrogen) atoms. The summed E-state index contributed by atoms with van der Waals surface area (Å²) in [7, 11) is 0. The highest BCUT2D eigenvalue weighted by molar-refractivity contribution is 5.75. The number of anilines is 1. The average Bonchev–Trinajstić information content (AvgIpc) is 2.46. The lowest BCUT2D eigenvalue weighted by Gasteiger charge is -2.38. The number of rotatable bonds is 4. The summed E-state index contributed by atoms with van der Waals surface area (Å²) in [5.74, 6) is 0.176. The second-order valence-corrected chi connectivity index (χ2v) is 4.97. The first kappa shape index (κ1) is 13.7. The third kappa shape index (κ3) is 3.86. The summed E-state index contributed by atoms with van der Waals surface area (Å²) >= 11 is 0. The van der Waals surface area contributed by atoms with Gasteiger partial charge in [0, 0.05) is 37.9 Å². The van der Waals surface area contributed by atoms with Crippen molar-refractivity contribution in [2.75, 3.05) is 37.6 Å². The van der Waals surface area contributed by atoms with E-state index >= 15 is 0 Å². The van der Waals surface area contributed by atoms with Gasteiger partial charge in [-0.05, 0) is 19.1 Å². The molecule has 0 spiro atoms. The highest BCUT2D eigenvalue weighted by atomic mass is 15.3. The van der Waals surface area contributed by atoms with Crippen LogP contribution in [0.4, 0.5) is 5.69 Å². The van der Waals surface area contributed by atoms with Crippen molar-refractivity contribution in [2.45, 2.75) is 13.0 Å². The maximum absolute atomic E-state index is 5.37. The molecule has 104 valence electrons. The molecule has 1 aliphatic heterocycles. The minimum atomic E-state index is 0.176. The second-order valence-electron chi connectivity index (χ2n) is 4.97. The quantitative estimate of drug-likeness (QED) is 0.610. The van der Waals surface area contributed by atoms with E-state index in [0.717, 1.165) is 26.2 Å². The normalized spacial score (nSPS) is 18.1. The van der Waals surface area contributed by atoms with Crippen molar-refractivity contribution in [3.8, 4) is 0 Å². The van der Waals surface area contributed by atoms with E-state index in [4.69, 9.17) is 11.5 Å². The predicted octanol–water partition coefficient (Wildman–Crippen LogP) is 0.471. The van der Waals surface area contributed by atoms with Crippen molar-refractivity contribution in [3.63, 3.8) is 0 Å². The number of nitrogens with two attached hydrogens (primary N) is 2. The van der Waals surface area contributed by atoms with Gasteiger partial charge in [-0.1, -0.05) is 18.2 Å². The van der Waals surface area contributed by atoms with Gasteiger partial charge in [0.15, 0.2) is 5.96 Å². The van der Waals surface area contributed by atoms with Gasteiger partial charge in [-0.2, -0.15) is 0 Å². The molecule has 0 bridgehead atoms. The molecule has 5 nitrogen and oxygen atoms in total. The Balaban J connectivity index is 1.84. The van der Waals surface area contributed by atoms with Crippen LogP contribution < -0.4 is 16.4 Å². The van der Waals surface area contributed by atoms with Gasteiger partial charge in [0.2, 0.25) is 0 Å². The Kier molecular flexibility index (Phi) is 4.63. The van der Waals surface area contributed by atoms with Gasteiger partial charge in [-0.15, -0.1) is 0 Å². The summed E-state index contributed by atoms with van der Waals surface area (Å²) < 4.78 is 0. The molecule has 1 aromatic carbocycles. The first-order chi connectivity index (χ1) is 9.16. The number of nitrogens with zero attached hydrogens (tertiary/aromatic N) is 3. The van der Waals surface area contributed by atoms with E-state index in [2.05, 4.69) is 52.0 Å². The van der Waals surface area contributed by atoms with Gasteiger partial charge in [-0.3, -0.25) is 9.89 Å². The Hall–Kier alpha value is -1.75. The van der Waals surface area contributed by atoms with E-state index in [0.29, 0.717) is 12.6 Å². The minimum absolute atomic E-state index is 0.176. The Labute approximate surface area is 114 Å². The molecule has 2 rings (SSSR count). The molecular formula is C14H23N5. The third-order valence-corrected chi connectivity index (χ3v) is 3.60. The predicted molar refractivity (Wildman–Crippen MR) is 80.4 cm³/mol. The van der Waals surface area contributed by atoms with Crippen molar-refractivity contribution in [2.24, 2.45) is 16.5 Å². The van der Waals surface area contributed by atoms with E-state index < -0.39 is 0 Å². The molecule has 1 atom stereocenters. The van der Waals surface area contributed by atoms with Crippen LogP contribution in [-0.2, 0) is 0 Å². The lowest BCUT2D eigenvalue weighted by atomic mass is 10.2. The van der Waals surface area contributed by atoms with E-state index in [-0.39, 0.29) is 5.96 Å². The summed E-state index contributed by atoms with van der Waals surface area (Å²) in [4.78, 5) is 8.95. The van der Waals surface area contributed by atoms with Crippen molar-refractivity contribution < 1.29 is 0 Å². The standard InChI is InChI=1S/C14H23N5/c1-12(11-17-14(15)16)18-7-9-19(10-8-18)13-5-3-2-4-6-13/h2-6,12H,7-11H2,1H3,(H4,15,16,17). The average molecular weight is 261 g/mol. The van der Waals surface area contributed by atoms with E-state index in [1.807, 2.05) is 0 Å². The fourth-order valence-electron chi connectivity index (χ4n) is 2.41. The number of para-hydroxylation sites is 1. The Morgan fingerprint density at radius 2 is 1.79 bits per heavy atom. The number of hydrogen-bond donors (Lipinski definition) is 2. The summed E-state index contributed by atoms with van der Waals surface area (Å²) in [5.41, 5.74) is 12.0. The molecule has 1 aromatic rings. The summed E-state index contributed by atoms with van der Waals surface area (Å²) in [5, 5.41) is 0. The maximum atomic E-state index is 5.37. The zero-order chi connectivity index (χ0) is 13.7. The van der Waals surface area contributed by atoms with Crippen LogP contribution in [0.3, 0.4) is 0 Å². The molecular weight excluding hydrogens is 238 g/mol. The zero-order valence-corrected chi connectivity index (χ0v) is 11.5. The first-order valence-electron chi connectivity index (χ1n) is 6.76. The Morgan fingerprint density at radius 1 is 1.16 bits per heavy atom. The molecule has 0 amide bonds. The molecule has 0 aliphatic carbocycles. The number of hydrogen-bond acceptors (Lipinski definition) is 3. The molecule has 1 saturated heterocycles. The van der Waals surface area contributed by atoms with Crippen LogP contribution in [0, 0.1) is 0 Å². The second kappa shape index (κ2) is 6.43. The Bertz CT molecular complexity index is 405.